The number of hydrogen-bond acceptors (Lipinski definition) is 6. The van der Waals surface area contributed by atoms with Crippen LogP contribution in [0, 0.1) is 0 Å². The molecule has 0 fully saturated rings. The number of ether oxygens (including phenoxy) is 1. The molecule has 0 atom stereocenters. The van der Waals surface area contributed by atoms with Gasteiger partial charge in [-0.05, 0) is 13.8 Å². The molecule has 0 saturated heterocycles. The molecule has 0 bridgehead atoms. The first-order valence-electron chi connectivity index (χ1n) is 5.82. The molecule has 4 N–H and O–H groups in total. The Bertz CT molecular complexity index is 325. The molecule has 1 rings (SSSR count). The van der Waals surface area contributed by atoms with E-state index in [0.717, 1.165) is 0 Å². The number of aromatic nitrogens is 2. The standard InChI is InChI=1S/C11H21N5O/c1-9(2)17-10-3-6-14-11(15-10)16(7-4-12)8-5-13/h3,6,9H,4-5,7-8,12-13H2,1-2H3. The third kappa shape index (κ3) is 4.54. The van der Waals surface area contributed by atoms with Gasteiger partial charge in [0.15, 0.2) is 0 Å². The van der Waals surface area contributed by atoms with Gasteiger partial charge in [-0.25, -0.2) is 4.98 Å². The zero-order valence-electron chi connectivity index (χ0n) is 10.5. The fourth-order valence-electron chi connectivity index (χ4n) is 1.42. The van der Waals surface area contributed by atoms with Crippen LogP contribution < -0.4 is 21.1 Å². The summed E-state index contributed by atoms with van der Waals surface area (Å²) in [7, 11) is 0. The molecule has 1 aromatic heterocycles. The highest BCUT2D eigenvalue weighted by Crippen LogP contribution is 2.13. The van der Waals surface area contributed by atoms with E-state index >= 15 is 0 Å². The topological polar surface area (TPSA) is 90.3 Å². The fourth-order valence-corrected chi connectivity index (χ4v) is 1.42. The van der Waals surface area contributed by atoms with E-state index in [0.29, 0.717) is 38.0 Å². The summed E-state index contributed by atoms with van der Waals surface area (Å²) < 4.78 is 5.52. The maximum atomic E-state index is 5.55. The van der Waals surface area contributed by atoms with Crippen LogP contribution in [0.4, 0.5) is 5.95 Å². The third-order valence-corrected chi connectivity index (χ3v) is 2.05. The van der Waals surface area contributed by atoms with Crippen molar-refractivity contribution in [2.45, 2.75) is 20.0 Å². The van der Waals surface area contributed by atoms with Gasteiger partial charge in [-0.2, -0.15) is 4.98 Å². The minimum absolute atomic E-state index is 0.0928. The molecule has 96 valence electrons. The van der Waals surface area contributed by atoms with E-state index in [2.05, 4.69) is 9.97 Å². The first-order valence-corrected chi connectivity index (χ1v) is 5.82. The van der Waals surface area contributed by atoms with E-state index in [1.807, 2.05) is 18.7 Å². The Morgan fingerprint density at radius 1 is 1.29 bits per heavy atom. The Kier molecular flexibility index (Phi) is 5.65. The molecule has 0 amide bonds. The highest BCUT2D eigenvalue weighted by atomic mass is 16.5. The number of anilines is 1. The van der Waals surface area contributed by atoms with Gasteiger partial charge in [0, 0.05) is 38.4 Å². The van der Waals surface area contributed by atoms with Crippen LogP contribution in [0.1, 0.15) is 13.8 Å². The molecule has 1 aromatic rings. The molecule has 6 nitrogen and oxygen atoms in total. The number of hydrogen-bond donors (Lipinski definition) is 2. The monoisotopic (exact) mass is 239 g/mol. The van der Waals surface area contributed by atoms with Gasteiger partial charge in [-0.1, -0.05) is 0 Å². The molecule has 6 heteroatoms. The van der Waals surface area contributed by atoms with Crippen LogP contribution in [0.2, 0.25) is 0 Å². The average molecular weight is 239 g/mol. The predicted octanol–water partition coefficient (Wildman–Crippen LogP) is -0.0124. The molecule has 0 spiro atoms. The minimum Gasteiger partial charge on any atom is -0.475 e. The van der Waals surface area contributed by atoms with Crippen LogP contribution in [0.3, 0.4) is 0 Å². The second kappa shape index (κ2) is 7.03. The van der Waals surface area contributed by atoms with E-state index in [9.17, 15) is 0 Å². The van der Waals surface area contributed by atoms with Gasteiger partial charge in [-0.3, -0.25) is 0 Å². The van der Waals surface area contributed by atoms with Crippen molar-refractivity contribution < 1.29 is 4.74 Å². The third-order valence-electron chi connectivity index (χ3n) is 2.05. The summed E-state index contributed by atoms with van der Waals surface area (Å²) in [6, 6.07) is 1.74. The quantitative estimate of drug-likeness (QED) is 0.695. The lowest BCUT2D eigenvalue weighted by atomic mass is 10.4. The van der Waals surface area contributed by atoms with Crippen molar-refractivity contribution in [2.75, 3.05) is 31.1 Å². The normalized spacial score (nSPS) is 10.6. The second-order valence-electron chi connectivity index (χ2n) is 3.93. The maximum Gasteiger partial charge on any atom is 0.228 e. The van der Waals surface area contributed by atoms with E-state index in [-0.39, 0.29) is 6.10 Å². The van der Waals surface area contributed by atoms with Crippen LogP contribution in [0.15, 0.2) is 12.3 Å². The van der Waals surface area contributed by atoms with E-state index in [1.165, 1.54) is 0 Å². The fraction of sp³-hybridized carbons (Fsp3) is 0.636. The summed E-state index contributed by atoms with van der Waals surface area (Å²) >= 11 is 0. The summed E-state index contributed by atoms with van der Waals surface area (Å²) in [6.45, 7) is 6.36. The van der Waals surface area contributed by atoms with Gasteiger partial charge in [0.1, 0.15) is 0 Å². The van der Waals surface area contributed by atoms with Gasteiger partial charge in [0.25, 0.3) is 0 Å². The first-order chi connectivity index (χ1) is 8.17. The summed E-state index contributed by atoms with van der Waals surface area (Å²) in [6.07, 6.45) is 1.77. The van der Waals surface area contributed by atoms with Crippen molar-refractivity contribution in [1.29, 1.82) is 0 Å². The summed E-state index contributed by atoms with van der Waals surface area (Å²) in [5.74, 6) is 1.18. The second-order valence-corrected chi connectivity index (χ2v) is 3.93. The lowest BCUT2D eigenvalue weighted by Crippen LogP contribution is -2.35. The first kappa shape index (κ1) is 13.7. The van der Waals surface area contributed by atoms with Gasteiger partial charge in [0.2, 0.25) is 11.8 Å². The zero-order chi connectivity index (χ0) is 12.7. The Labute approximate surface area is 102 Å². The van der Waals surface area contributed by atoms with Crippen LogP contribution in [0.5, 0.6) is 5.88 Å². The SMILES string of the molecule is CC(C)Oc1ccnc(N(CCN)CCN)n1. The molecule has 0 aliphatic carbocycles. The zero-order valence-corrected chi connectivity index (χ0v) is 10.5. The summed E-state index contributed by atoms with van der Waals surface area (Å²) in [4.78, 5) is 10.5. The number of rotatable bonds is 7. The van der Waals surface area contributed by atoms with Crippen molar-refractivity contribution in [1.82, 2.24) is 9.97 Å². The summed E-state index contributed by atoms with van der Waals surface area (Å²) in [5, 5.41) is 0. The molecule has 0 radical (unpaired) electrons. The molecule has 17 heavy (non-hydrogen) atoms. The lowest BCUT2D eigenvalue weighted by molar-refractivity contribution is 0.232. The number of nitrogens with two attached hydrogens (primary N) is 2. The molecule has 0 unspecified atom stereocenters. The van der Waals surface area contributed by atoms with Crippen molar-refractivity contribution in [3.8, 4) is 5.88 Å². The smallest absolute Gasteiger partial charge is 0.228 e. The van der Waals surface area contributed by atoms with Crippen molar-refractivity contribution in [3.63, 3.8) is 0 Å². The maximum absolute atomic E-state index is 5.55. The van der Waals surface area contributed by atoms with Crippen molar-refractivity contribution in [2.24, 2.45) is 11.5 Å². The Hall–Kier alpha value is -1.40. The average Bonchev–Trinajstić information content (AvgIpc) is 2.28. The molecule has 0 aromatic carbocycles. The summed E-state index contributed by atoms with van der Waals surface area (Å²) in [5.41, 5.74) is 11.1. The van der Waals surface area contributed by atoms with Crippen LogP contribution in [-0.4, -0.2) is 42.3 Å². The van der Waals surface area contributed by atoms with Crippen molar-refractivity contribution >= 4 is 5.95 Å². The number of nitrogens with zero attached hydrogens (tertiary/aromatic N) is 3. The largest absolute Gasteiger partial charge is 0.475 e. The van der Waals surface area contributed by atoms with Gasteiger partial charge >= 0.3 is 0 Å². The Morgan fingerprint density at radius 2 is 1.94 bits per heavy atom. The minimum atomic E-state index is 0.0928. The molecule has 1 heterocycles. The highest BCUT2D eigenvalue weighted by molar-refractivity contribution is 5.32. The van der Waals surface area contributed by atoms with Crippen LogP contribution in [0.25, 0.3) is 0 Å². The predicted molar refractivity (Wildman–Crippen MR) is 68.1 cm³/mol. The van der Waals surface area contributed by atoms with Gasteiger partial charge < -0.3 is 21.1 Å². The van der Waals surface area contributed by atoms with Gasteiger partial charge in [0.05, 0.1) is 6.10 Å². The van der Waals surface area contributed by atoms with E-state index in [4.69, 9.17) is 16.2 Å². The molecule has 0 aliphatic rings. The van der Waals surface area contributed by atoms with Crippen LogP contribution in [-0.2, 0) is 0 Å². The molecule has 0 saturated carbocycles. The van der Waals surface area contributed by atoms with Crippen molar-refractivity contribution in [3.05, 3.63) is 12.3 Å². The van der Waals surface area contributed by atoms with E-state index < -0.39 is 0 Å². The Balaban J connectivity index is 2.79. The van der Waals surface area contributed by atoms with Gasteiger partial charge in [-0.15, -0.1) is 0 Å². The highest BCUT2D eigenvalue weighted by Gasteiger charge is 2.09. The molecule has 0 aliphatic heterocycles. The molecular formula is C11H21N5O. The Morgan fingerprint density at radius 3 is 2.47 bits per heavy atom. The van der Waals surface area contributed by atoms with E-state index in [1.54, 1.807) is 12.3 Å². The molecular weight excluding hydrogens is 218 g/mol. The van der Waals surface area contributed by atoms with Crippen LogP contribution >= 0.6 is 0 Å². The lowest BCUT2D eigenvalue weighted by Gasteiger charge is -2.21.